The van der Waals surface area contributed by atoms with Crippen LogP contribution in [0, 0.1) is 0 Å². The van der Waals surface area contributed by atoms with E-state index in [1.54, 1.807) is 36.4 Å². The van der Waals surface area contributed by atoms with Gasteiger partial charge in [0.05, 0.1) is 5.25 Å². The fourth-order valence-corrected chi connectivity index (χ4v) is 5.18. The van der Waals surface area contributed by atoms with Crippen LogP contribution in [0.2, 0.25) is 0 Å². The zero-order chi connectivity index (χ0) is 25.5. The quantitative estimate of drug-likeness (QED) is 0.487. The first-order valence-electron chi connectivity index (χ1n) is 11.6. The fourth-order valence-electron chi connectivity index (χ4n) is 4.20. The number of carbonyl (C=O) groups excluding carboxylic acids is 3. The second-order valence-corrected chi connectivity index (χ2v) is 9.67. The third-order valence-corrected chi connectivity index (χ3v) is 7.09. The number of carbonyl (C=O) groups is 4. The van der Waals surface area contributed by atoms with Crippen molar-refractivity contribution in [2.45, 2.75) is 30.6 Å². The third kappa shape index (κ3) is 6.20. The molecule has 4 rings (SSSR count). The molecule has 0 saturated carbocycles. The Morgan fingerprint density at radius 1 is 0.944 bits per heavy atom. The molecule has 2 N–H and O–H groups in total. The monoisotopic (exact) mass is 502 g/mol. The summed E-state index contributed by atoms with van der Waals surface area (Å²) in [6, 6.07) is 24.4. The Balaban J connectivity index is 1.56. The Morgan fingerprint density at radius 2 is 1.58 bits per heavy atom. The molecule has 0 bridgehead atoms. The van der Waals surface area contributed by atoms with Gasteiger partial charge in [-0.3, -0.25) is 24.1 Å². The lowest BCUT2D eigenvalue weighted by Gasteiger charge is -2.26. The van der Waals surface area contributed by atoms with E-state index >= 15 is 0 Å². The summed E-state index contributed by atoms with van der Waals surface area (Å²) in [4.78, 5) is 52.5. The van der Waals surface area contributed by atoms with Crippen molar-refractivity contribution in [2.24, 2.45) is 0 Å². The number of nitrogens with zero attached hydrogens (tertiary/aromatic N) is 1. The Morgan fingerprint density at radius 3 is 2.28 bits per heavy atom. The molecule has 7 nitrogen and oxygen atoms in total. The number of thioether (sulfide) groups is 1. The molecule has 0 aliphatic carbocycles. The minimum absolute atomic E-state index is 0.237. The predicted octanol–water partition coefficient (Wildman–Crippen LogP) is 3.72. The fraction of sp³-hybridized carbons (Fsp3) is 0.214. The summed E-state index contributed by atoms with van der Waals surface area (Å²) in [7, 11) is 0. The molecule has 2 amide bonds. The molecule has 0 unspecified atom stereocenters. The first-order chi connectivity index (χ1) is 17.4. The molecular formula is C28H26N2O5S. The number of fused-ring (bicyclic) bond motifs is 1. The van der Waals surface area contributed by atoms with E-state index in [0.29, 0.717) is 30.5 Å². The van der Waals surface area contributed by atoms with Gasteiger partial charge in [-0.05, 0) is 36.5 Å². The molecule has 0 fully saturated rings. The zero-order valence-electron chi connectivity index (χ0n) is 19.5. The average molecular weight is 503 g/mol. The van der Waals surface area contributed by atoms with Gasteiger partial charge < -0.3 is 10.4 Å². The van der Waals surface area contributed by atoms with Gasteiger partial charge in [0, 0.05) is 11.3 Å². The van der Waals surface area contributed by atoms with E-state index in [9.17, 15) is 24.3 Å². The maximum absolute atomic E-state index is 13.5. The van der Waals surface area contributed by atoms with Crippen LogP contribution >= 0.6 is 11.8 Å². The van der Waals surface area contributed by atoms with Crippen LogP contribution in [-0.4, -0.2) is 45.8 Å². The van der Waals surface area contributed by atoms with Crippen LogP contribution in [0.5, 0.6) is 0 Å². The predicted molar refractivity (Wildman–Crippen MR) is 139 cm³/mol. The van der Waals surface area contributed by atoms with Crippen molar-refractivity contribution in [3.05, 3.63) is 102 Å². The summed E-state index contributed by atoms with van der Waals surface area (Å²) >= 11 is 0.925. The molecule has 3 aromatic rings. The van der Waals surface area contributed by atoms with E-state index in [-0.39, 0.29) is 5.12 Å². The van der Waals surface area contributed by atoms with E-state index < -0.39 is 35.6 Å². The molecule has 0 saturated heterocycles. The van der Waals surface area contributed by atoms with Gasteiger partial charge in [0.15, 0.2) is 0 Å². The second-order valence-electron chi connectivity index (χ2n) is 8.50. The smallest absolute Gasteiger partial charge is 0.323 e. The van der Waals surface area contributed by atoms with Crippen molar-refractivity contribution in [2.75, 3.05) is 11.4 Å². The Labute approximate surface area is 213 Å². The molecule has 1 aliphatic rings. The topological polar surface area (TPSA) is 104 Å². The highest BCUT2D eigenvalue weighted by Gasteiger charge is 2.34. The third-order valence-electron chi connectivity index (χ3n) is 5.97. The maximum atomic E-state index is 13.5. The number of aryl methyl sites for hydroxylation is 1. The number of benzene rings is 3. The molecule has 0 spiro atoms. The van der Waals surface area contributed by atoms with Gasteiger partial charge in [-0.25, -0.2) is 0 Å². The van der Waals surface area contributed by atoms with Gasteiger partial charge in [-0.2, -0.15) is 0 Å². The van der Waals surface area contributed by atoms with Gasteiger partial charge in [0.1, 0.15) is 12.6 Å². The molecule has 36 heavy (non-hydrogen) atoms. The average Bonchev–Trinajstić information content (AvgIpc) is 3.01. The second kappa shape index (κ2) is 11.7. The summed E-state index contributed by atoms with van der Waals surface area (Å²) in [6.45, 7) is -0.503. The van der Waals surface area contributed by atoms with E-state index in [1.807, 2.05) is 48.5 Å². The molecule has 3 aromatic carbocycles. The summed E-state index contributed by atoms with van der Waals surface area (Å²) in [5, 5.41) is 11.2. The van der Waals surface area contributed by atoms with Crippen molar-refractivity contribution in [3.8, 4) is 0 Å². The first-order valence-corrected chi connectivity index (χ1v) is 12.5. The molecule has 2 atom stereocenters. The van der Waals surface area contributed by atoms with E-state index in [0.717, 1.165) is 22.9 Å². The number of carboxylic acid groups (broad SMARTS) is 1. The van der Waals surface area contributed by atoms with Gasteiger partial charge in [0.2, 0.25) is 16.9 Å². The van der Waals surface area contributed by atoms with Crippen LogP contribution in [-0.2, 0) is 27.2 Å². The lowest BCUT2D eigenvalue weighted by atomic mass is 10.1. The number of amides is 2. The van der Waals surface area contributed by atoms with Crippen molar-refractivity contribution in [1.29, 1.82) is 0 Å². The normalized spacial score (nSPS) is 15.9. The van der Waals surface area contributed by atoms with E-state index in [2.05, 4.69) is 5.32 Å². The highest BCUT2D eigenvalue weighted by Crippen LogP contribution is 2.28. The lowest BCUT2D eigenvalue weighted by molar-refractivity contribution is -0.137. The standard InChI is InChI=1S/C28H26N2O5S/c31-25(32)18-30-23-14-8-7-11-20(23)15-16-22(27(30)34)29-26(33)24(17-19-9-3-1-4-10-19)36-28(35)21-12-5-2-6-13-21/h1-14,22,24H,15-18H2,(H,29,33)(H,31,32)/t22-,24-/m0/s1. The van der Waals surface area contributed by atoms with Crippen molar-refractivity contribution in [3.63, 3.8) is 0 Å². The van der Waals surface area contributed by atoms with Crippen molar-refractivity contribution >= 4 is 40.3 Å². The van der Waals surface area contributed by atoms with Gasteiger partial charge in [-0.1, -0.05) is 90.6 Å². The molecule has 184 valence electrons. The first kappa shape index (κ1) is 25.2. The number of rotatable bonds is 8. The Hall–Kier alpha value is -3.91. The number of nitrogens with one attached hydrogen (secondary N) is 1. The van der Waals surface area contributed by atoms with Crippen LogP contribution in [0.1, 0.15) is 27.9 Å². The number of aliphatic carboxylic acids is 1. The van der Waals surface area contributed by atoms with E-state index in [1.165, 1.54) is 4.90 Å². The van der Waals surface area contributed by atoms with Crippen LogP contribution in [0.4, 0.5) is 5.69 Å². The summed E-state index contributed by atoms with van der Waals surface area (Å²) in [5.74, 6) is -2.06. The van der Waals surface area contributed by atoms with Gasteiger partial charge in [0.25, 0.3) is 0 Å². The minimum Gasteiger partial charge on any atom is -0.480 e. The molecule has 0 aromatic heterocycles. The van der Waals surface area contributed by atoms with Crippen molar-refractivity contribution in [1.82, 2.24) is 5.32 Å². The molecular weight excluding hydrogens is 476 g/mol. The summed E-state index contributed by atoms with van der Waals surface area (Å²) < 4.78 is 0. The highest BCUT2D eigenvalue weighted by molar-refractivity contribution is 8.15. The van der Waals surface area contributed by atoms with Crippen LogP contribution in [0.25, 0.3) is 0 Å². The molecule has 8 heteroatoms. The number of anilines is 1. The number of para-hydroxylation sites is 1. The van der Waals surface area contributed by atoms with Crippen LogP contribution in [0.15, 0.2) is 84.9 Å². The maximum Gasteiger partial charge on any atom is 0.323 e. The number of hydrogen-bond donors (Lipinski definition) is 2. The van der Waals surface area contributed by atoms with Gasteiger partial charge in [-0.15, -0.1) is 0 Å². The highest BCUT2D eigenvalue weighted by atomic mass is 32.2. The van der Waals surface area contributed by atoms with E-state index in [4.69, 9.17) is 0 Å². The minimum atomic E-state index is -1.14. The Kier molecular flexibility index (Phi) is 8.17. The largest absolute Gasteiger partial charge is 0.480 e. The molecule has 0 radical (unpaired) electrons. The zero-order valence-corrected chi connectivity index (χ0v) is 20.3. The van der Waals surface area contributed by atoms with Gasteiger partial charge >= 0.3 is 5.97 Å². The molecule has 1 heterocycles. The lowest BCUT2D eigenvalue weighted by Crippen LogP contribution is -2.51. The van der Waals surface area contributed by atoms with Crippen LogP contribution in [0.3, 0.4) is 0 Å². The molecule has 1 aliphatic heterocycles. The number of carboxylic acids is 1. The number of hydrogen-bond acceptors (Lipinski definition) is 5. The van der Waals surface area contributed by atoms with Crippen LogP contribution < -0.4 is 10.2 Å². The Bertz CT molecular complexity index is 1250. The SMILES string of the molecule is O=C(O)CN1C(=O)[C@@H](NC(=O)[C@H](Cc2ccccc2)SC(=O)c2ccccc2)CCc2ccccc21. The summed E-state index contributed by atoms with van der Waals surface area (Å²) in [6.07, 6.45) is 1.13. The summed E-state index contributed by atoms with van der Waals surface area (Å²) in [5.41, 5.74) is 2.76. The van der Waals surface area contributed by atoms with Crippen molar-refractivity contribution < 1.29 is 24.3 Å².